The predicted octanol–water partition coefficient (Wildman–Crippen LogP) is 2.00. The highest BCUT2D eigenvalue weighted by Crippen LogP contribution is 2.23. The van der Waals surface area contributed by atoms with Crippen molar-refractivity contribution >= 4 is 0 Å². The molecule has 1 aromatic carbocycles. The Morgan fingerprint density at radius 1 is 1.38 bits per heavy atom. The second kappa shape index (κ2) is 5.91. The molecule has 2 N–H and O–H groups in total. The van der Waals surface area contributed by atoms with Crippen LogP contribution in [-0.2, 0) is 19.2 Å². The first-order chi connectivity index (χ1) is 9.81. The fourth-order valence-corrected chi connectivity index (χ4v) is 2.18. The van der Waals surface area contributed by atoms with Crippen molar-refractivity contribution in [3.8, 4) is 0 Å². The number of aryl methyl sites for hydroxylation is 1. The molecular formula is C15H19F2N3O. The molecule has 1 atom stereocenters. The Morgan fingerprint density at radius 3 is 2.67 bits per heavy atom. The van der Waals surface area contributed by atoms with Crippen LogP contribution in [0.1, 0.15) is 23.7 Å². The van der Waals surface area contributed by atoms with Crippen molar-refractivity contribution in [3.05, 3.63) is 52.9 Å². The van der Waals surface area contributed by atoms with Gasteiger partial charge in [0.25, 0.3) is 0 Å². The fourth-order valence-electron chi connectivity index (χ4n) is 2.18. The Bertz CT molecular complexity index is 638. The summed E-state index contributed by atoms with van der Waals surface area (Å²) in [6.07, 6.45) is 1.75. The van der Waals surface area contributed by atoms with Crippen LogP contribution >= 0.6 is 0 Å². The van der Waals surface area contributed by atoms with E-state index in [0.717, 1.165) is 23.4 Å². The average Bonchev–Trinajstić information content (AvgIpc) is 2.70. The average molecular weight is 295 g/mol. The van der Waals surface area contributed by atoms with Crippen LogP contribution < -0.4 is 5.32 Å². The molecule has 0 aliphatic heterocycles. The molecule has 0 bridgehead atoms. The van der Waals surface area contributed by atoms with E-state index < -0.39 is 17.2 Å². The normalized spacial score (nSPS) is 14.2. The van der Waals surface area contributed by atoms with Crippen molar-refractivity contribution < 1.29 is 13.9 Å². The minimum absolute atomic E-state index is 0.0688. The molecule has 0 aliphatic carbocycles. The lowest BCUT2D eigenvalue weighted by Gasteiger charge is -2.24. The van der Waals surface area contributed by atoms with E-state index in [1.165, 1.54) is 13.0 Å². The lowest BCUT2D eigenvalue weighted by atomic mass is 9.95. The number of nitrogens with one attached hydrogen (secondary N) is 1. The molecule has 1 unspecified atom stereocenters. The zero-order valence-corrected chi connectivity index (χ0v) is 12.3. The Hall–Kier alpha value is -1.79. The molecule has 0 spiro atoms. The van der Waals surface area contributed by atoms with Crippen LogP contribution in [0.2, 0.25) is 0 Å². The quantitative estimate of drug-likeness (QED) is 0.887. The number of hydrogen-bond donors (Lipinski definition) is 2. The predicted molar refractivity (Wildman–Crippen MR) is 75.6 cm³/mol. The molecule has 21 heavy (non-hydrogen) atoms. The van der Waals surface area contributed by atoms with Gasteiger partial charge in [-0.15, -0.1) is 0 Å². The zero-order valence-electron chi connectivity index (χ0n) is 12.3. The molecule has 1 aromatic heterocycles. The van der Waals surface area contributed by atoms with Crippen LogP contribution in [0.25, 0.3) is 0 Å². The lowest BCUT2D eigenvalue weighted by molar-refractivity contribution is 0.0528. The van der Waals surface area contributed by atoms with Gasteiger partial charge in [0, 0.05) is 43.0 Å². The summed E-state index contributed by atoms with van der Waals surface area (Å²) in [7, 11) is 1.85. The first-order valence-electron chi connectivity index (χ1n) is 6.67. The van der Waals surface area contributed by atoms with E-state index in [2.05, 4.69) is 10.4 Å². The third-order valence-electron chi connectivity index (χ3n) is 3.63. The molecule has 2 rings (SSSR count). The molecule has 0 radical (unpaired) electrons. The maximum atomic E-state index is 13.7. The number of halogens is 2. The summed E-state index contributed by atoms with van der Waals surface area (Å²) in [6, 6.07) is 3.18. The van der Waals surface area contributed by atoms with Gasteiger partial charge in [0.1, 0.15) is 17.2 Å². The van der Waals surface area contributed by atoms with E-state index in [4.69, 9.17) is 0 Å². The van der Waals surface area contributed by atoms with Gasteiger partial charge in [-0.05, 0) is 19.9 Å². The van der Waals surface area contributed by atoms with Crippen molar-refractivity contribution in [2.75, 3.05) is 6.54 Å². The molecule has 2 aromatic rings. The second-order valence-electron chi connectivity index (χ2n) is 5.38. The van der Waals surface area contributed by atoms with Crippen molar-refractivity contribution in [1.29, 1.82) is 0 Å². The minimum Gasteiger partial charge on any atom is -0.384 e. The van der Waals surface area contributed by atoms with Gasteiger partial charge in [-0.2, -0.15) is 5.10 Å². The fraction of sp³-hybridized carbons (Fsp3) is 0.400. The number of benzene rings is 1. The molecule has 4 nitrogen and oxygen atoms in total. The van der Waals surface area contributed by atoms with E-state index in [9.17, 15) is 13.9 Å². The highest BCUT2D eigenvalue weighted by Gasteiger charge is 2.26. The minimum atomic E-state index is -1.42. The molecule has 114 valence electrons. The van der Waals surface area contributed by atoms with E-state index in [1.807, 2.05) is 14.0 Å². The van der Waals surface area contributed by atoms with Gasteiger partial charge < -0.3 is 10.4 Å². The Labute approximate surface area is 122 Å². The molecular weight excluding hydrogens is 276 g/mol. The SMILES string of the molecule is Cc1c(CNCC(C)(O)c2ccc(F)cc2F)cnn1C. The number of hydrogen-bond acceptors (Lipinski definition) is 3. The summed E-state index contributed by atoms with van der Waals surface area (Å²) in [6.45, 7) is 4.09. The van der Waals surface area contributed by atoms with Gasteiger partial charge in [-0.3, -0.25) is 4.68 Å². The van der Waals surface area contributed by atoms with Gasteiger partial charge in [-0.25, -0.2) is 8.78 Å². The van der Waals surface area contributed by atoms with Gasteiger partial charge >= 0.3 is 0 Å². The highest BCUT2D eigenvalue weighted by molar-refractivity contribution is 5.25. The number of rotatable bonds is 5. The summed E-state index contributed by atoms with van der Waals surface area (Å²) in [4.78, 5) is 0. The largest absolute Gasteiger partial charge is 0.384 e. The highest BCUT2D eigenvalue weighted by atomic mass is 19.1. The summed E-state index contributed by atoms with van der Waals surface area (Å²) in [5, 5.41) is 17.6. The van der Waals surface area contributed by atoms with Crippen molar-refractivity contribution in [3.63, 3.8) is 0 Å². The lowest BCUT2D eigenvalue weighted by Crippen LogP contribution is -2.36. The van der Waals surface area contributed by atoms with Crippen molar-refractivity contribution in [1.82, 2.24) is 15.1 Å². The third kappa shape index (κ3) is 3.46. The Kier molecular flexibility index (Phi) is 4.39. The van der Waals surface area contributed by atoms with E-state index in [1.54, 1.807) is 10.9 Å². The molecule has 0 saturated heterocycles. The maximum absolute atomic E-state index is 13.7. The van der Waals surface area contributed by atoms with Gasteiger partial charge in [0.05, 0.1) is 6.20 Å². The number of aliphatic hydroxyl groups is 1. The number of aromatic nitrogens is 2. The van der Waals surface area contributed by atoms with Gasteiger partial charge in [0.15, 0.2) is 0 Å². The first kappa shape index (κ1) is 15.6. The van der Waals surface area contributed by atoms with E-state index in [0.29, 0.717) is 6.54 Å². The summed E-state index contributed by atoms with van der Waals surface area (Å²) >= 11 is 0. The topological polar surface area (TPSA) is 50.1 Å². The zero-order chi connectivity index (χ0) is 15.6. The molecule has 0 amide bonds. The standard InChI is InChI=1S/C15H19F2N3O/c1-10-11(8-19-20(10)3)7-18-9-15(2,21)13-5-4-12(16)6-14(13)17/h4-6,8,18,21H,7,9H2,1-3H3. The monoisotopic (exact) mass is 295 g/mol. The number of nitrogens with zero attached hydrogens (tertiary/aromatic N) is 2. The van der Waals surface area contributed by atoms with Gasteiger partial charge in [-0.1, -0.05) is 6.07 Å². The summed E-state index contributed by atoms with van der Waals surface area (Å²) in [5.74, 6) is -1.41. The first-order valence-corrected chi connectivity index (χ1v) is 6.67. The smallest absolute Gasteiger partial charge is 0.132 e. The summed E-state index contributed by atoms with van der Waals surface area (Å²) in [5.41, 5.74) is 0.677. The Morgan fingerprint density at radius 2 is 2.10 bits per heavy atom. The molecule has 0 fully saturated rings. The third-order valence-corrected chi connectivity index (χ3v) is 3.63. The van der Waals surface area contributed by atoms with Crippen LogP contribution in [0.15, 0.2) is 24.4 Å². The van der Waals surface area contributed by atoms with Crippen molar-refractivity contribution in [2.45, 2.75) is 26.0 Å². The second-order valence-corrected chi connectivity index (χ2v) is 5.38. The van der Waals surface area contributed by atoms with Crippen LogP contribution in [0.5, 0.6) is 0 Å². The van der Waals surface area contributed by atoms with E-state index >= 15 is 0 Å². The van der Waals surface area contributed by atoms with Gasteiger partial charge in [0.2, 0.25) is 0 Å². The summed E-state index contributed by atoms with van der Waals surface area (Å²) < 4.78 is 28.4. The molecule has 0 aliphatic rings. The van der Waals surface area contributed by atoms with Crippen LogP contribution in [0.3, 0.4) is 0 Å². The molecule has 6 heteroatoms. The van der Waals surface area contributed by atoms with Crippen LogP contribution in [0.4, 0.5) is 8.78 Å². The molecule has 0 saturated carbocycles. The maximum Gasteiger partial charge on any atom is 0.132 e. The van der Waals surface area contributed by atoms with E-state index in [-0.39, 0.29) is 12.1 Å². The van der Waals surface area contributed by atoms with Crippen LogP contribution in [0, 0.1) is 18.6 Å². The Balaban J connectivity index is 2.02. The molecule has 1 heterocycles. The van der Waals surface area contributed by atoms with Crippen LogP contribution in [-0.4, -0.2) is 21.4 Å². The van der Waals surface area contributed by atoms with Crippen molar-refractivity contribution in [2.24, 2.45) is 7.05 Å².